The molecule has 144 valence electrons. The number of piperidine rings is 1. The van der Waals surface area contributed by atoms with Crippen molar-refractivity contribution in [1.29, 1.82) is 5.26 Å². The Labute approximate surface area is 167 Å². The number of aryl methyl sites for hydroxylation is 1. The number of hydrogen-bond acceptors (Lipinski definition) is 3. The highest BCUT2D eigenvalue weighted by atomic mass is 15.1. The number of likely N-dealkylation sites (N-methyl/N-ethyl adjacent to an activating group) is 1. The fourth-order valence-electron chi connectivity index (χ4n) is 4.43. The van der Waals surface area contributed by atoms with Crippen molar-refractivity contribution in [3.05, 3.63) is 59.2 Å². The van der Waals surface area contributed by atoms with E-state index >= 15 is 0 Å². The second kappa shape index (κ2) is 8.18. The average molecular weight is 373 g/mol. The Morgan fingerprint density at radius 2 is 1.96 bits per heavy atom. The van der Waals surface area contributed by atoms with E-state index in [2.05, 4.69) is 46.4 Å². The number of H-pyrrole nitrogens is 1. The summed E-state index contributed by atoms with van der Waals surface area (Å²) in [5.41, 5.74) is 6.58. The molecule has 2 N–H and O–H groups in total. The van der Waals surface area contributed by atoms with Crippen LogP contribution in [-0.4, -0.2) is 43.1 Å². The summed E-state index contributed by atoms with van der Waals surface area (Å²) in [7, 11) is 2.02. The van der Waals surface area contributed by atoms with E-state index in [1.165, 1.54) is 42.4 Å². The first kappa shape index (κ1) is 18.7. The zero-order valence-corrected chi connectivity index (χ0v) is 16.8. The van der Waals surface area contributed by atoms with Gasteiger partial charge in [-0.05, 0) is 75.1 Å². The number of hydrogen-bond donors (Lipinski definition) is 2. The number of likely N-dealkylation sites (tertiary alicyclic amines) is 1. The van der Waals surface area contributed by atoms with Gasteiger partial charge in [-0.15, -0.1) is 0 Å². The molecule has 2 aromatic carbocycles. The molecule has 1 aliphatic rings. The summed E-state index contributed by atoms with van der Waals surface area (Å²) in [5.74, 6) is 0.638. The molecule has 0 bridgehead atoms. The van der Waals surface area contributed by atoms with E-state index in [1.807, 2.05) is 31.3 Å². The lowest BCUT2D eigenvalue weighted by Gasteiger charge is -2.32. The van der Waals surface area contributed by atoms with Crippen LogP contribution in [0.25, 0.3) is 22.2 Å². The fourth-order valence-corrected chi connectivity index (χ4v) is 4.43. The number of aromatic amines is 1. The summed E-state index contributed by atoms with van der Waals surface area (Å²) in [4.78, 5) is 6.11. The number of rotatable bonds is 5. The quantitative estimate of drug-likeness (QED) is 0.697. The molecule has 1 fully saturated rings. The van der Waals surface area contributed by atoms with Crippen molar-refractivity contribution in [2.24, 2.45) is 0 Å². The van der Waals surface area contributed by atoms with Gasteiger partial charge in [0, 0.05) is 29.6 Å². The largest absolute Gasteiger partial charge is 0.354 e. The zero-order valence-electron chi connectivity index (χ0n) is 16.8. The van der Waals surface area contributed by atoms with Gasteiger partial charge < -0.3 is 15.2 Å². The number of nitrogens with zero attached hydrogens (tertiary/aromatic N) is 2. The summed E-state index contributed by atoms with van der Waals surface area (Å²) in [6.45, 7) is 6.72. The molecule has 0 unspecified atom stereocenters. The molecule has 4 heteroatoms. The van der Waals surface area contributed by atoms with Crippen LogP contribution in [0.2, 0.25) is 0 Å². The van der Waals surface area contributed by atoms with Crippen LogP contribution in [0.5, 0.6) is 0 Å². The van der Waals surface area contributed by atoms with Crippen LogP contribution < -0.4 is 5.32 Å². The molecule has 1 aromatic heterocycles. The maximum atomic E-state index is 9.46. The highest BCUT2D eigenvalue weighted by Crippen LogP contribution is 2.35. The molecule has 4 nitrogen and oxygen atoms in total. The Morgan fingerprint density at radius 1 is 1.18 bits per heavy atom. The summed E-state index contributed by atoms with van der Waals surface area (Å²) in [6.07, 6.45) is 2.45. The molecule has 2 heterocycles. The number of benzene rings is 2. The van der Waals surface area contributed by atoms with Gasteiger partial charge in [0.15, 0.2) is 0 Å². The third-order valence-corrected chi connectivity index (χ3v) is 6.14. The molecule has 4 rings (SSSR count). The van der Waals surface area contributed by atoms with Crippen LogP contribution in [0.15, 0.2) is 42.5 Å². The van der Waals surface area contributed by atoms with E-state index in [-0.39, 0.29) is 0 Å². The lowest BCUT2D eigenvalue weighted by atomic mass is 9.88. The Bertz CT molecular complexity index is 1000. The molecule has 0 amide bonds. The highest BCUT2D eigenvalue weighted by molar-refractivity contribution is 5.92. The van der Waals surface area contributed by atoms with E-state index in [0.29, 0.717) is 11.5 Å². The first-order valence-electron chi connectivity index (χ1n) is 10.2. The average Bonchev–Trinajstić information content (AvgIpc) is 3.08. The second-order valence-electron chi connectivity index (χ2n) is 7.81. The summed E-state index contributed by atoms with van der Waals surface area (Å²) >= 11 is 0. The van der Waals surface area contributed by atoms with Gasteiger partial charge in [-0.1, -0.05) is 24.3 Å². The number of fused-ring (bicyclic) bond motifs is 1. The van der Waals surface area contributed by atoms with Gasteiger partial charge in [0.2, 0.25) is 0 Å². The minimum Gasteiger partial charge on any atom is -0.354 e. The van der Waals surface area contributed by atoms with Crippen molar-refractivity contribution < 1.29 is 0 Å². The summed E-state index contributed by atoms with van der Waals surface area (Å²) < 4.78 is 0. The van der Waals surface area contributed by atoms with Crippen LogP contribution in [0.1, 0.15) is 35.4 Å². The lowest BCUT2D eigenvalue weighted by Crippen LogP contribution is -2.37. The monoisotopic (exact) mass is 372 g/mol. The minimum atomic E-state index is 0.638. The fraction of sp³-hybridized carbons (Fsp3) is 0.375. The maximum Gasteiger partial charge on any atom is 0.0998 e. The van der Waals surface area contributed by atoms with Crippen molar-refractivity contribution in [3.63, 3.8) is 0 Å². The predicted octanol–water partition coefficient (Wildman–Crippen LogP) is 4.41. The van der Waals surface area contributed by atoms with Crippen LogP contribution in [-0.2, 0) is 0 Å². The van der Waals surface area contributed by atoms with Crippen molar-refractivity contribution in [1.82, 2.24) is 15.2 Å². The topological polar surface area (TPSA) is 54.8 Å². The van der Waals surface area contributed by atoms with Crippen LogP contribution in [0, 0.1) is 18.3 Å². The smallest absolute Gasteiger partial charge is 0.0998 e. The molecular formula is C24H28N4. The van der Waals surface area contributed by atoms with E-state index in [1.54, 1.807) is 0 Å². The maximum absolute atomic E-state index is 9.46. The predicted molar refractivity (Wildman–Crippen MR) is 116 cm³/mol. The standard InChI is InChI=1S/C24H28N4/c1-17-22-15-19(18-9-12-28(13-10-18)14-11-26-2)7-8-23(22)27-24(17)21-6-4-3-5-20(21)16-25/h3-8,15,18,26-27H,9-14H2,1-2H3. The molecule has 1 saturated heterocycles. The molecule has 0 atom stereocenters. The molecule has 28 heavy (non-hydrogen) atoms. The first-order chi connectivity index (χ1) is 13.7. The summed E-state index contributed by atoms with van der Waals surface area (Å²) in [6, 6.07) is 17.0. The van der Waals surface area contributed by atoms with Crippen LogP contribution in [0.4, 0.5) is 0 Å². The van der Waals surface area contributed by atoms with Gasteiger partial charge in [0.25, 0.3) is 0 Å². The van der Waals surface area contributed by atoms with Crippen LogP contribution in [0.3, 0.4) is 0 Å². The minimum absolute atomic E-state index is 0.638. The number of nitrogens with one attached hydrogen (secondary N) is 2. The normalized spacial score (nSPS) is 15.8. The number of aromatic nitrogens is 1. The van der Waals surface area contributed by atoms with Crippen molar-refractivity contribution >= 4 is 10.9 Å². The third-order valence-electron chi connectivity index (χ3n) is 6.14. The van der Waals surface area contributed by atoms with Crippen LogP contribution >= 0.6 is 0 Å². The second-order valence-corrected chi connectivity index (χ2v) is 7.81. The van der Waals surface area contributed by atoms with Crippen molar-refractivity contribution in [2.75, 3.05) is 33.2 Å². The van der Waals surface area contributed by atoms with Gasteiger partial charge >= 0.3 is 0 Å². The Morgan fingerprint density at radius 3 is 2.71 bits per heavy atom. The Kier molecular flexibility index (Phi) is 5.47. The molecule has 1 aliphatic heterocycles. The van der Waals surface area contributed by atoms with Gasteiger partial charge in [0.1, 0.15) is 0 Å². The number of nitriles is 1. The lowest BCUT2D eigenvalue weighted by molar-refractivity contribution is 0.214. The molecule has 0 spiro atoms. The Hall–Kier alpha value is -2.61. The van der Waals surface area contributed by atoms with E-state index in [9.17, 15) is 5.26 Å². The van der Waals surface area contributed by atoms with E-state index < -0.39 is 0 Å². The van der Waals surface area contributed by atoms with Gasteiger partial charge in [0.05, 0.1) is 17.3 Å². The molecular weight excluding hydrogens is 344 g/mol. The molecule has 0 radical (unpaired) electrons. The molecule has 0 saturated carbocycles. The van der Waals surface area contributed by atoms with Gasteiger partial charge in [-0.2, -0.15) is 5.26 Å². The zero-order chi connectivity index (χ0) is 19.5. The highest BCUT2D eigenvalue weighted by Gasteiger charge is 2.21. The van der Waals surface area contributed by atoms with Crippen molar-refractivity contribution in [2.45, 2.75) is 25.7 Å². The summed E-state index contributed by atoms with van der Waals surface area (Å²) in [5, 5.41) is 14.0. The van der Waals surface area contributed by atoms with Crippen molar-refractivity contribution in [3.8, 4) is 17.3 Å². The van der Waals surface area contributed by atoms with Gasteiger partial charge in [-0.25, -0.2) is 0 Å². The molecule has 3 aromatic rings. The van der Waals surface area contributed by atoms with Gasteiger partial charge in [-0.3, -0.25) is 0 Å². The third kappa shape index (κ3) is 3.56. The molecule has 0 aliphatic carbocycles. The first-order valence-corrected chi connectivity index (χ1v) is 10.2. The SMILES string of the molecule is CNCCN1CCC(c2ccc3[nH]c(-c4ccccc4C#N)c(C)c3c2)CC1. The Balaban J connectivity index is 1.60. The van der Waals surface area contributed by atoms with E-state index in [4.69, 9.17) is 0 Å². The van der Waals surface area contributed by atoms with E-state index in [0.717, 1.165) is 29.9 Å².